The maximum atomic E-state index is 12.6. The number of carbonyl (C=O) groups is 1. The van der Waals surface area contributed by atoms with Gasteiger partial charge in [0.25, 0.3) is 5.91 Å². The summed E-state index contributed by atoms with van der Waals surface area (Å²) in [6, 6.07) is 9.57. The number of hydrogen-bond acceptors (Lipinski definition) is 3. The summed E-state index contributed by atoms with van der Waals surface area (Å²) in [4.78, 5) is 15.7. The number of aromatic nitrogens is 1. The van der Waals surface area contributed by atoms with Crippen LogP contribution < -0.4 is 11.1 Å². The van der Waals surface area contributed by atoms with Crippen LogP contribution in [0, 0.1) is 0 Å². The van der Waals surface area contributed by atoms with E-state index >= 15 is 0 Å². The Morgan fingerprint density at radius 1 is 1.24 bits per heavy atom. The highest BCUT2D eigenvalue weighted by Crippen LogP contribution is 2.39. The van der Waals surface area contributed by atoms with E-state index in [4.69, 9.17) is 17.3 Å². The second-order valence-electron chi connectivity index (χ2n) is 7.17. The van der Waals surface area contributed by atoms with Crippen LogP contribution in [0.4, 0.5) is 13.2 Å². The third kappa shape index (κ3) is 5.41. The van der Waals surface area contributed by atoms with Crippen LogP contribution in [0.2, 0.25) is 5.02 Å². The van der Waals surface area contributed by atoms with Crippen LogP contribution in [0.25, 0.3) is 0 Å². The Bertz CT molecular complexity index is 836. The van der Waals surface area contributed by atoms with Crippen LogP contribution in [0.3, 0.4) is 0 Å². The number of hydrogen-bond donors (Lipinski definition) is 2. The largest absolute Gasteiger partial charge is 0.433 e. The van der Waals surface area contributed by atoms with Gasteiger partial charge in [0.2, 0.25) is 0 Å². The van der Waals surface area contributed by atoms with Crippen molar-refractivity contribution >= 4 is 29.9 Å². The minimum absolute atomic E-state index is 0. The van der Waals surface area contributed by atoms with Crippen molar-refractivity contribution in [3.63, 3.8) is 0 Å². The first kappa shape index (κ1) is 23.4. The molecule has 1 aliphatic carbocycles. The van der Waals surface area contributed by atoms with E-state index < -0.39 is 17.8 Å². The lowest BCUT2D eigenvalue weighted by atomic mass is 9.68. The number of nitrogens with zero attached hydrogens (tertiary/aromatic N) is 1. The summed E-state index contributed by atoms with van der Waals surface area (Å²) in [5.41, 5.74) is 6.09. The van der Waals surface area contributed by atoms with E-state index in [-0.39, 0.29) is 29.4 Å². The third-order valence-corrected chi connectivity index (χ3v) is 5.66. The summed E-state index contributed by atoms with van der Waals surface area (Å²) in [5.74, 6) is -0.422. The number of rotatable bonds is 4. The molecule has 29 heavy (non-hydrogen) atoms. The molecule has 2 aromatic rings. The average Bonchev–Trinajstić information content (AvgIpc) is 2.68. The van der Waals surface area contributed by atoms with Gasteiger partial charge in [0.05, 0.1) is 5.56 Å². The highest BCUT2D eigenvalue weighted by Gasteiger charge is 2.36. The van der Waals surface area contributed by atoms with Crippen molar-refractivity contribution in [3.8, 4) is 0 Å². The number of nitrogens with one attached hydrogen (secondary N) is 1. The highest BCUT2D eigenvalue weighted by molar-refractivity contribution is 6.30. The number of halogens is 5. The minimum Gasteiger partial charge on any atom is -0.349 e. The lowest BCUT2D eigenvalue weighted by Crippen LogP contribution is -2.45. The molecular weight excluding hydrogens is 426 g/mol. The van der Waals surface area contributed by atoms with E-state index in [1.54, 1.807) is 0 Å². The predicted molar refractivity (Wildman–Crippen MR) is 108 cm³/mol. The lowest BCUT2D eigenvalue weighted by molar-refractivity contribution is -0.141. The monoisotopic (exact) mass is 447 g/mol. The standard InChI is InChI=1S/C20H21ClF3N3O.ClH/c21-15-3-1-2-14(10-15)19(12-25)8-6-16(7-9-19)27-18(28)13-4-5-17(26-11-13)20(22,23)24;/h1-5,10-11,16H,6-9,12,25H2,(H,27,28);1H/t16-,19-;. The molecule has 3 rings (SSSR count). The van der Waals surface area contributed by atoms with Gasteiger partial charge >= 0.3 is 6.18 Å². The molecule has 158 valence electrons. The second kappa shape index (κ2) is 9.32. The normalized spacial score (nSPS) is 21.9. The average molecular weight is 448 g/mol. The van der Waals surface area contributed by atoms with Crippen LogP contribution in [0.1, 0.15) is 47.3 Å². The number of alkyl halides is 3. The third-order valence-electron chi connectivity index (χ3n) is 5.42. The van der Waals surface area contributed by atoms with E-state index in [0.717, 1.165) is 49.6 Å². The molecule has 1 aromatic carbocycles. The van der Waals surface area contributed by atoms with Crippen LogP contribution in [-0.4, -0.2) is 23.5 Å². The maximum Gasteiger partial charge on any atom is 0.433 e. The van der Waals surface area contributed by atoms with Gasteiger partial charge in [-0.3, -0.25) is 9.78 Å². The Morgan fingerprint density at radius 3 is 2.45 bits per heavy atom. The van der Waals surface area contributed by atoms with Crippen molar-refractivity contribution in [3.05, 3.63) is 64.4 Å². The number of amides is 1. The van der Waals surface area contributed by atoms with Crippen molar-refractivity contribution in [2.45, 2.75) is 43.3 Å². The van der Waals surface area contributed by atoms with E-state index in [9.17, 15) is 18.0 Å². The van der Waals surface area contributed by atoms with Gasteiger partial charge in [0.1, 0.15) is 5.69 Å². The second-order valence-corrected chi connectivity index (χ2v) is 7.61. The zero-order chi connectivity index (χ0) is 20.4. The number of nitrogens with two attached hydrogens (primary N) is 1. The Hall–Kier alpha value is -1.83. The van der Waals surface area contributed by atoms with E-state index in [1.165, 1.54) is 0 Å². The SMILES string of the molecule is Cl.NC[C@]1(c2cccc(Cl)c2)CC[C@H](NC(=O)c2ccc(C(F)(F)F)nc2)CC1. The fraction of sp³-hybridized carbons (Fsp3) is 0.400. The van der Waals surface area contributed by atoms with Gasteiger partial charge in [0.15, 0.2) is 0 Å². The molecule has 0 atom stereocenters. The molecule has 3 N–H and O–H groups in total. The first-order valence-electron chi connectivity index (χ1n) is 9.04. The smallest absolute Gasteiger partial charge is 0.349 e. The molecule has 0 unspecified atom stereocenters. The molecule has 0 saturated heterocycles. The maximum absolute atomic E-state index is 12.6. The zero-order valence-electron chi connectivity index (χ0n) is 15.5. The van der Waals surface area contributed by atoms with E-state index in [2.05, 4.69) is 10.3 Å². The van der Waals surface area contributed by atoms with Crippen molar-refractivity contribution in [1.29, 1.82) is 0 Å². The zero-order valence-corrected chi connectivity index (χ0v) is 17.1. The Morgan fingerprint density at radius 2 is 1.93 bits per heavy atom. The highest BCUT2D eigenvalue weighted by atomic mass is 35.5. The van der Waals surface area contributed by atoms with Gasteiger partial charge in [-0.15, -0.1) is 12.4 Å². The molecular formula is C20H22Cl2F3N3O. The summed E-state index contributed by atoms with van der Waals surface area (Å²) in [6.45, 7) is 0.483. The Labute approximate surface area is 178 Å². The van der Waals surface area contributed by atoms with Crippen LogP contribution in [0.15, 0.2) is 42.6 Å². The molecule has 1 heterocycles. The Kier molecular flexibility index (Phi) is 7.54. The van der Waals surface area contributed by atoms with Gasteiger partial charge in [0, 0.05) is 29.2 Å². The minimum atomic E-state index is -4.52. The molecule has 0 spiro atoms. The fourth-order valence-corrected chi connectivity index (χ4v) is 3.90. The molecule has 1 saturated carbocycles. The summed E-state index contributed by atoms with van der Waals surface area (Å²) in [7, 11) is 0. The lowest BCUT2D eigenvalue weighted by Gasteiger charge is -2.40. The van der Waals surface area contributed by atoms with Gasteiger partial charge in [-0.25, -0.2) is 0 Å². The van der Waals surface area contributed by atoms with Gasteiger partial charge in [-0.05, 0) is 55.5 Å². The van der Waals surface area contributed by atoms with E-state index in [0.29, 0.717) is 11.6 Å². The van der Waals surface area contributed by atoms with Crippen molar-refractivity contribution in [2.24, 2.45) is 5.73 Å². The fourth-order valence-electron chi connectivity index (χ4n) is 3.71. The number of pyridine rings is 1. The quantitative estimate of drug-likeness (QED) is 0.710. The van der Waals surface area contributed by atoms with Crippen molar-refractivity contribution in [2.75, 3.05) is 6.54 Å². The molecule has 0 radical (unpaired) electrons. The van der Waals surface area contributed by atoms with Gasteiger partial charge in [-0.2, -0.15) is 13.2 Å². The van der Waals surface area contributed by atoms with E-state index in [1.807, 2.05) is 24.3 Å². The first-order valence-corrected chi connectivity index (χ1v) is 9.41. The molecule has 1 amide bonds. The molecule has 1 fully saturated rings. The van der Waals surface area contributed by atoms with Crippen molar-refractivity contribution in [1.82, 2.24) is 10.3 Å². The van der Waals surface area contributed by atoms with Crippen LogP contribution >= 0.6 is 24.0 Å². The van der Waals surface area contributed by atoms with Gasteiger partial charge in [-0.1, -0.05) is 23.7 Å². The summed E-state index contributed by atoms with van der Waals surface area (Å²) in [6.07, 6.45) is -0.533. The molecule has 4 nitrogen and oxygen atoms in total. The number of carbonyl (C=O) groups excluding carboxylic acids is 1. The first-order chi connectivity index (χ1) is 13.2. The van der Waals surface area contributed by atoms with Gasteiger partial charge < -0.3 is 11.1 Å². The summed E-state index contributed by atoms with van der Waals surface area (Å²) < 4.78 is 37.7. The molecule has 1 aliphatic rings. The summed E-state index contributed by atoms with van der Waals surface area (Å²) >= 11 is 6.11. The molecule has 9 heteroatoms. The summed E-state index contributed by atoms with van der Waals surface area (Å²) in [5, 5.41) is 3.55. The molecule has 1 aromatic heterocycles. The van der Waals surface area contributed by atoms with Crippen LogP contribution in [0.5, 0.6) is 0 Å². The molecule has 0 aliphatic heterocycles. The van der Waals surface area contributed by atoms with Crippen molar-refractivity contribution < 1.29 is 18.0 Å². The molecule has 0 bridgehead atoms. The Balaban J connectivity index is 0.00000300. The van der Waals surface area contributed by atoms with Crippen LogP contribution in [-0.2, 0) is 11.6 Å². The predicted octanol–water partition coefficient (Wildman–Crippen LogP) is 4.74. The number of benzene rings is 1. The topological polar surface area (TPSA) is 68.0 Å².